The number of H-pyrrole nitrogens is 1. The maximum Gasteiger partial charge on any atom is 0.315 e. The summed E-state index contributed by atoms with van der Waals surface area (Å²) in [6.07, 6.45) is 4.59. The number of piperidine rings is 1. The molecule has 24 heavy (non-hydrogen) atoms. The number of aromatic amines is 1. The van der Waals surface area contributed by atoms with Gasteiger partial charge in [0.05, 0.1) is 17.1 Å². The smallest absolute Gasteiger partial charge is 0.315 e. The van der Waals surface area contributed by atoms with Crippen molar-refractivity contribution in [2.75, 3.05) is 6.54 Å². The number of nitrogens with one attached hydrogen (secondary N) is 1. The van der Waals surface area contributed by atoms with Gasteiger partial charge >= 0.3 is 6.03 Å². The summed E-state index contributed by atoms with van der Waals surface area (Å²) < 4.78 is 0. The summed E-state index contributed by atoms with van der Waals surface area (Å²) in [6, 6.07) is 9.26. The summed E-state index contributed by atoms with van der Waals surface area (Å²) in [5.74, 6) is 0.673. The number of urea groups is 1. The van der Waals surface area contributed by atoms with Crippen LogP contribution in [-0.2, 0) is 0 Å². The van der Waals surface area contributed by atoms with E-state index in [-0.39, 0.29) is 12.1 Å². The predicted molar refractivity (Wildman–Crippen MR) is 90.0 cm³/mol. The fourth-order valence-electron chi connectivity index (χ4n) is 3.39. The minimum Gasteiger partial charge on any atom is -0.351 e. The molecular weight excluding hydrogens is 304 g/mol. The van der Waals surface area contributed by atoms with Crippen molar-refractivity contribution in [3.05, 3.63) is 42.1 Å². The molecule has 1 aliphatic heterocycles. The molecule has 1 aliphatic rings. The van der Waals surface area contributed by atoms with Gasteiger partial charge in [-0.1, -0.05) is 12.1 Å². The Labute approximate surface area is 138 Å². The second-order valence-corrected chi connectivity index (χ2v) is 5.98. The van der Waals surface area contributed by atoms with Crippen LogP contribution in [0.3, 0.4) is 0 Å². The van der Waals surface area contributed by atoms with E-state index in [1.807, 2.05) is 30.3 Å². The molecule has 0 aliphatic carbocycles. The molecule has 7 nitrogen and oxygen atoms in total. The fourth-order valence-corrected chi connectivity index (χ4v) is 3.39. The Hall–Kier alpha value is -2.96. The Morgan fingerprint density at radius 2 is 2.17 bits per heavy atom. The van der Waals surface area contributed by atoms with E-state index in [1.54, 1.807) is 11.1 Å². The Balaban J connectivity index is 1.81. The Morgan fingerprint density at radius 1 is 1.25 bits per heavy atom. The lowest BCUT2D eigenvalue weighted by molar-refractivity contribution is 0.160. The number of fused-ring (bicyclic) bond motifs is 1. The highest BCUT2D eigenvalue weighted by atomic mass is 16.2. The number of imidazole rings is 1. The van der Waals surface area contributed by atoms with Crippen LogP contribution in [0, 0.1) is 0 Å². The highest BCUT2D eigenvalue weighted by Crippen LogP contribution is 2.34. The van der Waals surface area contributed by atoms with Crippen molar-refractivity contribution in [1.29, 1.82) is 0 Å². The van der Waals surface area contributed by atoms with Crippen LogP contribution < -0.4 is 5.73 Å². The molecule has 0 bridgehead atoms. The number of hydrogen-bond donors (Lipinski definition) is 2. The Kier molecular flexibility index (Phi) is 3.60. The molecule has 2 amide bonds. The number of carbonyl (C=O) groups excluding carboxylic acids is 1. The summed E-state index contributed by atoms with van der Waals surface area (Å²) in [4.78, 5) is 21.5. The van der Waals surface area contributed by atoms with Gasteiger partial charge in [-0.05, 0) is 37.5 Å². The third-order valence-electron chi connectivity index (χ3n) is 4.50. The molecule has 0 radical (unpaired) electrons. The first-order chi connectivity index (χ1) is 11.7. The number of primary amides is 1. The lowest BCUT2D eigenvalue weighted by atomic mass is 9.94. The number of nitrogens with zero attached hydrogens (tertiary/aromatic N) is 4. The zero-order valence-electron chi connectivity index (χ0n) is 13.1. The van der Waals surface area contributed by atoms with E-state index in [0.29, 0.717) is 18.1 Å². The molecule has 4 rings (SSSR count). The first-order valence-electron chi connectivity index (χ1n) is 8.07. The second kappa shape index (κ2) is 5.92. The SMILES string of the molecule is NC(=O)N1CCCCC1c1cccc2[nH]c(-c3cccnn3)nc12. The predicted octanol–water partition coefficient (Wildman–Crippen LogP) is 2.63. The average Bonchev–Trinajstić information content (AvgIpc) is 3.06. The van der Waals surface area contributed by atoms with Gasteiger partial charge < -0.3 is 15.6 Å². The molecule has 7 heteroatoms. The number of hydrogen-bond acceptors (Lipinski definition) is 4. The van der Waals surface area contributed by atoms with E-state index < -0.39 is 0 Å². The quantitative estimate of drug-likeness (QED) is 0.757. The van der Waals surface area contributed by atoms with Crippen LogP contribution in [0.1, 0.15) is 30.9 Å². The van der Waals surface area contributed by atoms with Crippen LogP contribution >= 0.6 is 0 Å². The lowest BCUT2D eigenvalue weighted by Crippen LogP contribution is -2.41. The van der Waals surface area contributed by atoms with Crippen molar-refractivity contribution < 1.29 is 4.79 Å². The van der Waals surface area contributed by atoms with Crippen LogP contribution in [0.5, 0.6) is 0 Å². The van der Waals surface area contributed by atoms with E-state index >= 15 is 0 Å². The second-order valence-electron chi connectivity index (χ2n) is 5.98. The van der Waals surface area contributed by atoms with Gasteiger partial charge in [-0.15, -0.1) is 5.10 Å². The maximum absolute atomic E-state index is 11.8. The molecule has 3 N–H and O–H groups in total. The van der Waals surface area contributed by atoms with Crippen LogP contribution in [0.4, 0.5) is 4.79 Å². The van der Waals surface area contributed by atoms with Gasteiger partial charge in [0.25, 0.3) is 0 Å². The van der Waals surface area contributed by atoms with E-state index in [4.69, 9.17) is 10.7 Å². The third kappa shape index (κ3) is 2.47. The van der Waals surface area contributed by atoms with Gasteiger partial charge in [0.15, 0.2) is 5.82 Å². The van der Waals surface area contributed by atoms with Crippen molar-refractivity contribution in [3.63, 3.8) is 0 Å². The standard InChI is InChI=1S/C17H18N6O/c18-17(24)23-10-2-1-8-14(23)11-5-3-6-12-15(11)21-16(20-12)13-7-4-9-19-22-13/h3-7,9,14H,1-2,8,10H2,(H2,18,24)(H,20,21). The van der Waals surface area contributed by atoms with E-state index in [0.717, 1.165) is 35.9 Å². The van der Waals surface area contributed by atoms with Crippen molar-refractivity contribution in [1.82, 2.24) is 25.1 Å². The Morgan fingerprint density at radius 3 is 2.96 bits per heavy atom. The minimum atomic E-state index is -0.374. The topological polar surface area (TPSA) is 101 Å². The van der Waals surface area contributed by atoms with Crippen molar-refractivity contribution in [2.45, 2.75) is 25.3 Å². The van der Waals surface area contributed by atoms with Gasteiger partial charge in [0.1, 0.15) is 5.69 Å². The monoisotopic (exact) mass is 322 g/mol. The number of amides is 2. The number of likely N-dealkylation sites (tertiary alicyclic amines) is 1. The molecule has 0 saturated carbocycles. The largest absolute Gasteiger partial charge is 0.351 e. The Bertz CT molecular complexity index is 875. The minimum absolute atomic E-state index is 0.0297. The van der Waals surface area contributed by atoms with Crippen molar-refractivity contribution in [2.24, 2.45) is 5.73 Å². The van der Waals surface area contributed by atoms with Crippen LogP contribution in [-0.4, -0.2) is 37.6 Å². The number of aromatic nitrogens is 4. The van der Waals surface area contributed by atoms with Crippen LogP contribution in [0.2, 0.25) is 0 Å². The van der Waals surface area contributed by atoms with Gasteiger partial charge in [-0.3, -0.25) is 0 Å². The zero-order chi connectivity index (χ0) is 16.5. The van der Waals surface area contributed by atoms with Crippen LogP contribution in [0.25, 0.3) is 22.6 Å². The average molecular weight is 322 g/mol. The number of para-hydroxylation sites is 1. The molecule has 1 saturated heterocycles. The molecule has 1 fully saturated rings. The summed E-state index contributed by atoms with van der Waals surface area (Å²) >= 11 is 0. The van der Waals surface area contributed by atoms with Gasteiger partial charge in [0.2, 0.25) is 0 Å². The highest BCUT2D eigenvalue weighted by Gasteiger charge is 2.28. The van der Waals surface area contributed by atoms with Crippen molar-refractivity contribution in [3.8, 4) is 11.5 Å². The molecule has 3 aromatic rings. The van der Waals surface area contributed by atoms with Gasteiger partial charge in [0, 0.05) is 18.3 Å². The molecule has 1 aromatic carbocycles. The van der Waals surface area contributed by atoms with E-state index in [1.165, 1.54) is 0 Å². The molecule has 3 heterocycles. The third-order valence-corrected chi connectivity index (χ3v) is 4.50. The van der Waals surface area contributed by atoms with E-state index in [9.17, 15) is 4.79 Å². The summed E-state index contributed by atoms with van der Waals surface area (Å²) in [5.41, 5.74) is 9.07. The fraction of sp³-hybridized carbons (Fsp3) is 0.294. The molecule has 2 aromatic heterocycles. The van der Waals surface area contributed by atoms with E-state index in [2.05, 4.69) is 15.2 Å². The molecular formula is C17H18N6O. The lowest BCUT2D eigenvalue weighted by Gasteiger charge is -2.34. The van der Waals surface area contributed by atoms with Crippen LogP contribution in [0.15, 0.2) is 36.5 Å². The first-order valence-corrected chi connectivity index (χ1v) is 8.07. The number of nitrogens with two attached hydrogens (primary N) is 1. The summed E-state index contributed by atoms with van der Waals surface area (Å²) in [6.45, 7) is 0.692. The zero-order valence-corrected chi connectivity index (χ0v) is 13.1. The molecule has 122 valence electrons. The van der Waals surface area contributed by atoms with Crippen molar-refractivity contribution >= 4 is 17.1 Å². The molecule has 0 spiro atoms. The van der Waals surface area contributed by atoms with Gasteiger partial charge in [-0.25, -0.2) is 9.78 Å². The highest BCUT2D eigenvalue weighted by molar-refractivity contribution is 5.83. The first kappa shape index (κ1) is 14.6. The normalized spacial score (nSPS) is 18.0. The van der Waals surface area contributed by atoms with Gasteiger partial charge in [-0.2, -0.15) is 5.10 Å². The maximum atomic E-state index is 11.8. The summed E-state index contributed by atoms with van der Waals surface area (Å²) in [7, 11) is 0. The molecule has 1 unspecified atom stereocenters. The summed E-state index contributed by atoms with van der Waals surface area (Å²) in [5, 5.41) is 8.00. The number of rotatable bonds is 2. The number of benzene rings is 1. The molecule has 1 atom stereocenters. The number of carbonyl (C=O) groups is 1.